The molecule has 0 saturated heterocycles. The summed E-state index contributed by atoms with van der Waals surface area (Å²) >= 11 is 0. The van der Waals surface area contributed by atoms with Crippen molar-refractivity contribution in [3.63, 3.8) is 0 Å². The van der Waals surface area contributed by atoms with E-state index in [2.05, 4.69) is 0 Å². The Bertz CT molecular complexity index is 239. The van der Waals surface area contributed by atoms with Crippen LogP contribution in [0.4, 0.5) is 39.5 Å². The second-order valence-corrected chi connectivity index (χ2v) is 3.13. The first kappa shape index (κ1) is 15.4. The van der Waals surface area contributed by atoms with E-state index in [0.717, 1.165) is 0 Å². The van der Waals surface area contributed by atoms with E-state index < -0.39 is 36.8 Å². The first-order valence-electron chi connectivity index (χ1n) is 3.97. The summed E-state index contributed by atoms with van der Waals surface area (Å²) in [4.78, 5) is 0. The molecule has 0 aliphatic carbocycles. The highest BCUT2D eigenvalue weighted by molar-refractivity contribution is 4.96. The molecule has 9 heteroatoms. The lowest BCUT2D eigenvalue weighted by Crippen LogP contribution is -2.55. The van der Waals surface area contributed by atoms with Gasteiger partial charge in [0.1, 0.15) is 6.42 Å². The van der Waals surface area contributed by atoms with Crippen molar-refractivity contribution in [2.24, 2.45) is 0 Å². The van der Waals surface area contributed by atoms with Crippen LogP contribution in [-0.2, 0) is 0 Å². The first-order valence-corrected chi connectivity index (χ1v) is 3.97. The van der Waals surface area contributed by atoms with Gasteiger partial charge in [0.2, 0.25) is 0 Å². The highest BCUT2D eigenvalue weighted by Gasteiger charge is 2.72. The van der Waals surface area contributed by atoms with E-state index in [4.69, 9.17) is 0 Å². The number of halogens is 9. The minimum atomic E-state index is -6.04. The second-order valence-electron chi connectivity index (χ2n) is 3.13. The van der Waals surface area contributed by atoms with Crippen molar-refractivity contribution in [3.05, 3.63) is 0 Å². The van der Waals surface area contributed by atoms with Crippen LogP contribution in [0.25, 0.3) is 0 Å². The lowest BCUT2D eigenvalue weighted by molar-refractivity contribution is -0.331. The van der Waals surface area contributed by atoms with Gasteiger partial charge in [-0.1, -0.05) is 6.92 Å². The molecule has 0 aliphatic heterocycles. The molecule has 0 spiro atoms. The van der Waals surface area contributed by atoms with Crippen LogP contribution in [0.5, 0.6) is 0 Å². The predicted molar refractivity (Wildman–Crippen MR) is 35.8 cm³/mol. The fraction of sp³-hybridized carbons (Fsp3) is 1.00. The fourth-order valence-electron chi connectivity index (χ4n) is 0.852. The van der Waals surface area contributed by atoms with Crippen LogP contribution in [0.3, 0.4) is 0 Å². The molecule has 0 saturated carbocycles. The molecular formula is C7H7F9. The Morgan fingerprint density at radius 3 is 1.31 bits per heavy atom. The molecule has 0 amide bonds. The Morgan fingerprint density at radius 2 is 1.06 bits per heavy atom. The second kappa shape index (κ2) is 3.99. The molecular weight excluding hydrogens is 255 g/mol. The Hall–Kier alpha value is -0.630. The third-order valence-electron chi connectivity index (χ3n) is 1.79. The highest BCUT2D eigenvalue weighted by Crippen LogP contribution is 2.50. The average Bonchev–Trinajstić information content (AvgIpc) is 1.99. The topological polar surface area (TPSA) is 0 Å². The molecule has 16 heavy (non-hydrogen) atoms. The number of alkyl halides is 9. The van der Waals surface area contributed by atoms with Gasteiger partial charge in [0.05, 0.1) is 0 Å². The minimum Gasteiger partial charge on any atom is -0.200 e. The Kier molecular flexibility index (Phi) is 3.83. The van der Waals surface area contributed by atoms with Gasteiger partial charge in [-0.15, -0.1) is 0 Å². The zero-order valence-corrected chi connectivity index (χ0v) is 7.82. The summed E-state index contributed by atoms with van der Waals surface area (Å²) in [6.45, 7) is 0.470. The highest BCUT2D eigenvalue weighted by atomic mass is 19.4. The number of rotatable bonds is 4. The molecule has 0 unspecified atom stereocenters. The van der Waals surface area contributed by atoms with Gasteiger partial charge in [-0.25, -0.2) is 0 Å². The van der Waals surface area contributed by atoms with Gasteiger partial charge < -0.3 is 0 Å². The van der Waals surface area contributed by atoms with Crippen molar-refractivity contribution in [1.82, 2.24) is 0 Å². The zero-order chi connectivity index (χ0) is 13.4. The van der Waals surface area contributed by atoms with Gasteiger partial charge in [0, 0.05) is 6.42 Å². The quantitative estimate of drug-likeness (QED) is 0.664. The smallest absolute Gasteiger partial charge is 0.200 e. The van der Waals surface area contributed by atoms with Crippen LogP contribution in [-0.4, -0.2) is 23.9 Å². The van der Waals surface area contributed by atoms with E-state index in [1.54, 1.807) is 0 Å². The summed E-state index contributed by atoms with van der Waals surface area (Å²) in [6, 6.07) is 0. The third kappa shape index (κ3) is 2.94. The predicted octanol–water partition coefficient (Wildman–Crippen LogP) is 4.25. The minimum absolute atomic E-state index is 0.470. The average molecular weight is 262 g/mol. The number of hydrogen-bond donors (Lipinski definition) is 0. The summed E-state index contributed by atoms with van der Waals surface area (Å²) < 4.78 is 109. The maximum absolute atomic E-state index is 12.5. The standard InChI is InChI=1S/C7H7F9/c1-2-4(8,9)7(15,16)5(10,11)3-6(12,13)14/h2-3H2,1H3. The van der Waals surface area contributed by atoms with Crippen LogP contribution in [0.2, 0.25) is 0 Å². The van der Waals surface area contributed by atoms with E-state index in [9.17, 15) is 39.5 Å². The summed E-state index contributed by atoms with van der Waals surface area (Å²) in [7, 11) is 0. The van der Waals surface area contributed by atoms with Gasteiger partial charge in [0.15, 0.2) is 0 Å². The molecule has 0 aliphatic rings. The molecule has 0 aromatic carbocycles. The molecule has 0 nitrogen and oxygen atoms in total. The Labute approximate surface area is 84.4 Å². The van der Waals surface area contributed by atoms with Crippen molar-refractivity contribution < 1.29 is 39.5 Å². The van der Waals surface area contributed by atoms with Crippen molar-refractivity contribution in [3.8, 4) is 0 Å². The summed E-state index contributed by atoms with van der Waals surface area (Å²) in [5.41, 5.74) is 0. The SMILES string of the molecule is CCC(F)(F)C(F)(F)C(F)(F)CC(F)(F)F. The van der Waals surface area contributed by atoms with Gasteiger partial charge in [-0.05, 0) is 0 Å². The Balaban J connectivity index is 5.14. The van der Waals surface area contributed by atoms with E-state index in [-0.39, 0.29) is 0 Å². The molecule has 0 heterocycles. The normalized spacial score (nSPS) is 15.4. The molecule has 0 aromatic rings. The number of hydrogen-bond acceptors (Lipinski definition) is 0. The fourth-order valence-corrected chi connectivity index (χ4v) is 0.852. The zero-order valence-electron chi connectivity index (χ0n) is 7.82. The lowest BCUT2D eigenvalue weighted by atomic mass is 10.00. The molecule has 0 rings (SSSR count). The maximum atomic E-state index is 12.5. The van der Waals surface area contributed by atoms with Crippen LogP contribution in [0, 0.1) is 0 Å². The van der Waals surface area contributed by atoms with Gasteiger partial charge in [-0.2, -0.15) is 39.5 Å². The van der Waals surface area contributed by atoms with Crippen molar-refractivity contribution in [2.45, 2.75) is 43.7 Å². The molecule has 98 valence electrons. The molecule has 0 N–H and O–H groups in total. The van der Waals surface area contributed by atoms with E-state index >= 15 is 0 Å². The van der Waals surface area contributed by atoms with Gasteiger partial charge in [0.25, 0.3) is 0 Å². The molecule has 0 radical (unpaired) electrons. The molecule has 0 aromatic heterocycles. The summed E-state index contributed by atoms with van der Waals surface area (Å²) in [5.74, 6) is -17.1. The molecule has 0 atom stereocenters. The summed E-state index contributed by atoms with van der Waals surface area (Å²) in [5, 5.41) is 0. The lowest BCUT2D eigenvalue weighted by Gasteiger charge is -2.32. The maximum Gasteiger partial charge on any atom is 0.395 e. The van der Waals surface area contributed by atoms with Crippen molar-refractivity contribution >= 4 is 0 Å². The van der Waals surface area contributed by atoms with Crippen molar-refractivity contribution in [2.75, 3.05) is 0 Å². The summed E-state index contributed by atoms with van der Waals surface area (Å²) in [6.07, 6.45) is -10.6. The largest absolute Gasteiger partial charge is 0.395 e. The van der Waals surface area contributed by atoms with E-state index in [0.29, 0.717) is 6.92 Å². The monoisotopic (exact) mass is 262 g/mol. The van der Waals surface area contributed by atoms with E-state index in [1.807, 2.05) is 0 Å². The van der Waals surface area contributed by atoms with Crippen LogP contribution in [0.1, 0.15) is 19.8 Å². The van der Waals surface area contributed by atoms with Crippen LogP contribution >= 0.6 is 0 Å². The van der Waals surface area contributed by atoms with E-state index in [1.165, 1.54) is 0 Å². The Morgan fingerprint density at radius 1 is 0.688 bits per heavy atom. The molecule has 0 fully saturated rings. The van der Waals surface area contributed by atoms with Crippen LogP contribution < -0.4 is 0 Å². The van der Waals surface area contributed by atoms with Crippen molar-refractivity contribution in [1.29, 1.82) is 0 Å². The first-order chi connectivity index (χ1) is 6.77. The van der Waals surface area contributed by atoms with Crippen LogP contribution in [0.15, 0.2) is 0 Å². The third-order valence-corrected chi connectivity index (χ3v) is 1.79. The van der Waals surface area contributed by atoms with Gasteiger partial charge in [-0.3, -0.25) is 0 Å². The molecule has 0 bridgehead atoms. The van der Waals surface area contributed by atoms with Gasteiger partial charge >= 0.3 is 23.9 Å².